The molecule has 0 amide bonds. The molecule has 1 aliphatic rings. The number of pyridine rings is 1. The van der Waals surface area contributed by atoms with Crippen LogP contribution in [0.15, 0.2) is 37.1 Å². The van der Waals surface area contributed by atoms with E-state index in [1.807, 2.05) is 18.3 Å². The maximum absolute atomic E-state index is 4.46. The van der Waals surface area contributed by atoms with E-state index in [2.05, 4.69) is 33.9 Å². The van der Waals surface area contributed by atoms with Crippen molar-refractivity contribution in [3.8, 4) is 0 Å². The third kappa shape index (κ3) is 4.58. The molecule has 0 radical (unpaired) electrons. The minimum atomic E-state index is 0. The average Bonchev–Trinajstić information content (AvgIpc) is 2.38. The van der Waals surface area contributed by atoms with Crippen molar-refractivity contribution in [2.75, 3.05) is 26.2 Å². The van der Waals surface area contributed by atoms with Crippen LogP contribution < -0.4 is 5.32 Å². The highest BCUT2D eigenvalue weighted by Crippen LogP contribution is 2.22. The molecule has 1 saturated heterocycles. The molecule has 2 heterocycles. The summed E-state index contributed by atoms with van der Waals surface area (Å²) in [5.74, 6) is 0. The Balaban J connectivity index is 0.00000144. The number of hydrogen-bond donors (Lipinski definition) is 1. The van der Waals surface area contributed by atoms with E-state index < -0.39 is 0 Å². The molecule has 0 saturated carbocycles. The first-order valence-electron chi connectivity index (χ1n) is 5.88. The molecule has 102 valence electrons. The van der Waals surface area contributed by atoms with Gasteiger partial charge in [0, 0.05) is 32.4 Å². The van der Waals surface area contributed by atoms with Crippen molar-refractivity contribution in [2.24, 2.45) is 0 Å². The van der Waals surface area contributed by atoms with Crippen LogP contribution in [0.2, 0.25) is 0 Å². The molecule has 3 nitrogen and oxygen atoms in total. The molecule has 0 aliphatic carbocycles. The molecular formula is C13H21Cl2N3. The summed E-state index contributed by atoms with van der Waals surface area (Å²) in [6, 6.07) is 6.52. The number of aromatic nitrogens is 1. The molecular weight excluding hydrogens is 269 g/mol. The van der Waals surface area contributed by atoms with Crippen molar-refractivity contribution in [1.82, 2.24) is 15.2 Å². The molecule has 0 spiro atoms. The van der Waals surface area contributed by atoms with Crippen molar-refractivity contribution in [2.45, 2.75) is 12.5 Å². The first-order valence-corrected chi connectivity index (χ1v) is 5.88. The number of halogens is 2. The molecule has 1 N–H and O–H groups in total. The van der Waals surface area contributed by atoms with Crippen molar-refractivity contribution in [1.29, 1.82) is 0 Å². The number of nitrogens with one attached hydrogen (secondary N) is 1. The van der Waals surface area contributed by atoms with Gasteiger partial charge in [-0.1, -0.05) is 12.1 Å². The second-order valence-corrected chi connectivity index (χ2v) is 4.08. The SMILES string of the molecule is C=CC[C@H](c1ccccn1)N1CCNCC1.Cl.Cl. The third-order valence-electron chi connectivity index (χ3n) is 3.01. The first-order chi connectivity index (χ1) is 7.92. The normalized spacial score (nSPS) is 17.1. The largest absolute Gasteiger partial charge is 0.314 e. The van der Waals surface area contributed by atoms with E-state index >= 15 is 0 Å². The minimum absolute atomic E-state index is 0. The van der Waals surface area contributed by atoms with E-state index in [9.17, 15) is 0 Å². The highest BCUT2D eigenvalue weighted by molar-refractivity contribution is 5.85. The van der Waals surface area contributed by atoms with Crippen molar-refractivity contribution >= 4 is 24.8 Å². The van der Waals surface area contributed by atoms with Gasteiger partial charge in [-0.05, 0) is 18.6 Å². The smallest absolute Gasteiger partial charge is 0.0578 e. The Morgan fingerprint density at radius 1 is 1.33 bits per heavy atom. The molecule has 1 aliphatic heterocycles. The maximum Gasteiger partial charge on any atom is 0.0578 e. The van der Waals surface area contributed by atoms with Gasteiger partial charge in [-0.25, -0.2) is 0 Å². The fourth-order valence-corrected chi connectivity index (χ4v) is 2.18. The van der Waals surface area contributed by atoms with Gasteiger partial charge in [-0.3, -0.25) is 9.88 Å². The van der Waals surface area contributed by atoms with E-state index in [0.717, 1.165) is 38.3 Å². The summed E-state index contributed by atoms with van der Waals surface area (Å²) in [5, 5.41) is 3.38. The summed E-state index contributed by atoms with van der Waals surface area (Å²) in [6.07, 6.45) is 4.83. The zero-order chi connectivity index (χ0) is 11.2. The Hall–Kier alpha value is -0.610. The number of rotatable bonds is 4. The molecule has 0 bridgehead atoms. The number of nitrogens with zero attached hydrogens (tertiary/aromatic N) is 2. The Morgan fingerprint density at radius 2 is 2.06 bits per heavy atom. The number of piperazine rings is 1. The van der Waals surface area contributed by atoms with Gasteiger partial charge in [-0.15, -0.1) is 31.4 Å². The van der Waals surface area contributed by atoms with Crippen LogP contribution >= 0.6 is 24.8 Å². The lowest BCUT2D eigenvalue weighted by Gasteiger charge is -2.34. The molecule has 5 heteroatoms. The van der Waals surface area contributed by atoms with Gasteiger partial charge < -0.3 is 5.32 Å². The van der Waals surface area contributed by atoms with E-state index in [1.165, 1.54) is 0 Å². The summed E-state index contributed by atoms with van der Waals surface area (Å²) >= 11 is 0. The zero-order valence-electron chi connectivity index (χ0n) is 10.4. The van der Waals surface area contributed by atoms with Gasteiger partial charge in [0.2, 0.25) is 0 Å². The first kappa shape index (κ1) is 17.4. The summed E-state index contributed by atoms with van der Waals surface area (Å²) < 4.78 is 0. The van der Waals surface area contributed by atoms with E-state index in [4.69, 9.17) is 0 Å². The van der Waals surface area contributed by atoms with Crippen LogP contribution in [-0.4, -0.2) is 36.1 Å². The van der Waals surface area contributed by atoms with Crippen LogP contribution in [0.25, 0.3) is 0 Å². The topological polar surface area (TPSA) is 28.2 Å². The molecule has 0 aromatic carbocycles. The lowest BCUT2D eigenvalue weighted by molar-refractivity contribution is 0.171. The Labute approximate surface area is 121 Å². The molecule has 2 rings (SSSR count). The molecule has 18 heavy (non-hydrogen) atoms. The Bertz CT molecular complexity index is 326. The van der Waals surface area contributed by atoms with Crippen LogP contribution in [0.5, 0.6) is 0 Å². The lowest BCUT2D eigenvalue weighted by Crippen LogP contribution is -2.45. The highest BCUT2D eigenvalue weighted by Gasteiger charge is 2.21. The zero-order valence-corrected chi connectivity index (χ0v) is 12.1. The fraction of sp³-hybridized carbons (Fsp3) is 0.462. The van der Waals surface area contributed by atoms with Crippen molar-refractivity contribution < 1.29 is 0 Å². The minimum Gasteiger partial charge on any atom is -0.314 e. The van der Waals surface area contributed by atoms with Gasteiger partial charge in [0.25, 0.3) is 0 Å². The van der Waals surface area contributed by atoms with Crippen molar-refractivity contribution in [3.05, 3.63) is 42.7 Å². The van der Waals surface area contributed by atoms with Crippen LogP contribution in [0, 0.1) is 0 Å². The standard InChI is InChI=1S/C13H19N3.2ClH/c1-2-5-13(12-6-3-4-7-15-12)16-10-8-14-9-11-16;;/h2-4,6-7,13-14H,1,5,8-11H2;2*1H/t13-;;/m1../s1. The quantitative estimate of drug-likeness (QED) is 0.863. The summed E-state index contributed by atoms with van der Waals surface area (Å²) in [6.45, 7) is 8.18. The lowest BCUT2D eigenvalue weighted by atomic mass is 10.1. The van der Waals surface area contributed by atoms with Gasteiger partial charge >= 0.3 is 0 Å². The second kappa shape index (κ2) is 9.34. The average molecular weight is 290 g/mol. The fourth-order valence-electron chi connectivity index (χ4n) is 2.18. The third-order valence-corrected chi connectivity index (χ3v) is 3.01. The van der Waals surface area contributed by atoms with Crippen LogP contribution in [0.1, 0.15) is 18.2 Å². The Kier molecular flexibility index (Phi) is 9.02. The van der Waals surface area contributed by atoms with Crippen molar-refractivity contribution in [3.63, 3.8) is 0 Å². The predicted molar refractivity (Wildman–Crippen MR) is 80.7 cm³/mol. The molecule has 1 aromatic heterocycles. The molecule has 1 atom stereocenters. The molecule has 1 aromatic rings. The summed E-state index contributed by atoms with van der Waals surface area (Å²) in [4.78, 5) is 6.95. The molecule has 0 unspecified atom stereocenters. The highest BCUT2D eigenvalue weighted by atomic mass is 35.5. The van der Waals surface area contributed by atoms with Gasteiger partial charge in [-0.2, -0.15) is 0 Å². The van der Waals surface area contributed by atoms with E-state index in [0.29, 0.717) is 6.04 Å². The summed E-state index contributed by atoms with van der Waals surface area (Å²) in [7, 11) is 0. The van der Waals surface area contributed by atoms with E-state index in [1.54, 1.807) is 0 Å². The maximum atomic E-state index is 4.46. The second-order valence-electron chi connectivity index (χ2n) is 4.08. The van der Waals surface area contributed by atoms with Gasteiger partial charge in [0.05, 0.1) is 11.7 Å². The number of hydrogen-bond acceptors (Lipinski definition) is 3. The van der Waals surface area contributed by atoms with Crippen LogP contribution in [0.4, 0.5) is 0 Å². The monoisotopic (exact) mass is 289 g/mol. The van der Waals surface area contributed by atoms with Gasteiger partial charge in [0.1, 0.15) is 0 Å². The molecule has 1 fully saturated rings. The van der Waals surface area contributed by atoms with Crippen LogP contribution in [0.3, 0.4) is 0 Å². The van der Waals surface area contributed by atoms with Gasteiger partial charge in [0.15, 0.2) is 0 Å². The van der Waals surface area contributed by atoms with Crippen LogP contribution in [-0.2, 0) is 0 Å². The van der Waals surface area contributed by atoms with E-state index in [-0.39, 0.29) is 24.8 Å². The summed E-state index contributed by atoms with van der Waals surface area (Å²) in [5.41, 5.74) is 1.16. The Morgan fingerprint density at radius 3 is 2.61 bits per heavy atom. The predicted octanol–water partition coefficient (Wildman–Crippen LogP) is 2.45.